The Kier molecular flexibility index (Phi) is 6.58. The van der Waals surface area contributed by atoms with Crippen molar-refractivity contribution in [2.75, 3.05) is 27.3 Å². The number of hydrogen-bond donors (Lipinski definition) is 1. The van der Waals surface area contributed by atoms with Gasteiger partial charge in [0.1, 0.15) is 11.6 Å². The lowest BCUT2D eigenvalue weighted by Crippen LogP contribution is -2.44. The summed E-state index contributed by atoms with van der Waals surface area (Å²) in [5.74, 6) is 4.22. The van der Waals surface area contributed by atoms with Crippen LogP contribution < -0.4 is 14.8 Å². The molecule has 1 N–H and O–H groups in total. The number of hydrogen-bond acceptors (Lipinski definition) is 5. The summed E-state index contributed by atoms with van der Waals surface area (Å²) in [7, 11) is 3.34. The van der Waals surface area contributed by atoms with Gasteiger partial charge in [-0.3, -0.25) is 4.57 Å². The number of methoxy groups -OCH3 is 2. The second-order valence-corrected chi connectivity index (χ2v) is 7.69. The standard InChI is InChI=1S/C24H30N6O2/c1-5-25-24(28-15-18-6-7-23(27-14-18)30-11-9-26-17(30)2)29-10-8-19-12-21(31-3)22(32-4)13-20(19)16-29/h6-7,9,11-14H,5,8,10,15-16H2,1-4H3,(H,25,28). The van der Waals surface area contributed by atoms with Gasteiger partial charge in [0.05, 0.1) is 20.8 Å². The fourth-order valence-electron chi connectivity index (χ4n) is 3.93. The minimum atomic E-state index is 0.563. The van der Waals surface area contributed by atoms with E-state index >= 15 is 0 Å². The maximum atomic E-state index is 5.49. The van der Waals surface area contributed by atoms with E-state index in [0.717, 1.165) is 60.7 Å². The van der Waals surface area contributed by atoms with E-state index in [1.165, 1.54) is 11.1 Å². The van der Waals surface area contributed by atoms with Crippen LogP contribution in [0.3, 0.4) is 0 Å². The Hall–Kier alpha value is -3.55. The van der Waals surface area contributed by atoms with Crippen LogP contribution in [0, 0.1) is 6.92 Å². The molecule has 8 nitrogen and oxygen atoms in total. The first-order chi connectivity index (χ1) is 15.6. The van der Waals surface area contributed by atoms with Gasteiger partial charge in [-0.2, -0.15) is 0 Å². The van der Waals surface area contributed by atoms with Gasteiger partial charge >= 0.3 is 0 Å². The zero-order valence-electron chi connectivity index (χ0n) is 19.1. The topological polar surface area (TPSA) is 76.8 Å². The van der Waals surface area contributed by atoms with Crippen LogP contribution in [0.1, 0.15) is 29.4 Å². The van der Waals surface area contributed by atoms with Crippen molar-refractivity contribution < 1.29 is 9.47 Å². The molecule has 3 heterocycles. The number of benzene rings is 1. The lowest BCUT2D eigenvalue weighted by atomic mass is 9.99. The van der Waals surface area contributed by atoms with Crippen molar-refractivity contribution in [2.24, 2.45) is 4.99 Å². The molecule has 0 amide bonds. The molecule has 1 aliphatic heterocycles. The van der Waals surface area contributed by atoms with Crippen LogP contribution in [0.4, 0.5) is 0 Å². The van der Waals surface area contributed by atoms with Crippen molar-refractivity contribution in [3.63, 3.8) is 0 Å². The highest BCUT2D eigenvalue weighted by molar-refractivity contribution is 5.80. The number of nitrogens with one attached hydrogen (secondary N) is 1. The maximum Gasteiger partial charge on any atom is 0.194 e. The summed E-state index contributed by atoms with van der Waals surface area (Å²) in [6.07, 6.45) is 6.50. The van der Waals surface area contributed by atoms with E-state index in [1.54, 1.807) is 20.4 Å². The second-order valence-electron chi connectivity index (χ2n) is 7.69. The minimum Gasteiger partial charge on any atom is -0.493 e. The predicted octanol–water partition coefficient (Wildman–Crippen LogP) is 3.12. The Balaban J connectivity index is 1.49. The summed E-state index contributed by atoms with van der Waals surface area (Å²) in [6.45, 7) is 7.10. The zero-order valence-corrected chi connectivity index (χ0v) is 19.1. The monoisotopic (exact) mass is 434 g/mol. The highest BCUT2D eigenvalue weighted by Crippen LogP contribution is 2.33. The molecule has 1 aromatic carbocycles. The molecular formula is C24H30N6O2. The number of pyridine rings is 1. The first-order valence-electron chi connectivity index (χ1n) is 10.8. The largest absolute Gasteiger partial charge is 0.493 e. The average molecular weight is 435 g/mol. The molecule has 8 heteroatoms. The molecule has 4 rings (SSSR count). The quantitative estimate of drug-likeness (QED) is 0.475. The number of fused-ring (bicyclic) bond motifs is 1. The normalized spacial score (nSPS) is 13.6. The molecule has 0 fully saturated rings. The lowest BCUT2D eigenvalue weighted by molar-refractivity contribution is 0.346. The number of aliphatic imine (C=N–C) groups is 1. The first-order valence-corrected chi connectivity index (χ1v) is 10.8. The van der Waals surface area contributed by atoms with E-state index in [1.807, 2.05) is 30.0 Å². The number of aryl methyl sites for hydroxylation is 1. The van der Waals surface area contributed by atoms with Gasteiger partial charge in [-0.1, -0.05) is 6.07 Å². The van der Waals surface area contributed by atoms with Gasteiger partial charge in [0.2, 0.25) is 0 Å². The summed E-state index contributed by atoms with van der Waals surface area (Å²) < 4.78 is 12.9. The number of guanidine groups is 1. The summed E-state index contributed by atoms with van der Waals surface area (Å²) in [5, 5.41) is 3.43. The number of rotatable bonds is 6. The van der Waals surface area contributed by atoms with Gasteiger partial charge in [0.15, 0.2) is 17.5 Å². The molecule has 32 heavy (non-hydrogen) atoms. The third-order valence-electron chi connectivity index (χ3n) is 5.65. The predicted molar refractivity (Wildman–Crippen MR) is 125 cm³/mol. The van der Waals surface area contributed by atoms with E-state index in [4.69, 9.17) is 14.5 Å². The Morgan fingerprint density at radius 3 is 2.53 bits per heavy atom. The highest BCUT2D eigenvalue weighted by Gasteiger charge is 2.21. The Labute approximate surface area is 188 Å². The fraction of sp³-hybridized carbons (Fsp3) is 0.375. The van der Waals surface area contributed by atoms with Crippen LogP contribution in [0.2, 0.25) is 0 Å². The summed E-state index contributed by atoms with van der Waals surface area (Å²) in [4.78, 5) is 16.0. The molecule has 1 aliphatic rings. The second kappa shape index (κ2) is 9.72. The molecule has 0 spiro atoms. The van der Waals surface area contributed by atoms with Crippen molar-refractivity contribution in [3.05, 3.63) is 65.4 Å². The molecule has 3 aromatic rings. The zero-order chi connectivity index (χ0) is 22.5. The number of aromatic nitrogens is 3. The van der Waals surface area contributed by atoms with Crippen LogP contribution in [0.25, 0.3) is 5.82 Å². The van der Waals surface area contributed by atoms with Crippen LogP contribution in [-0.2, 0) is 19.5 Å². The van der Waals surface area contributed by atoms with E-state index in [2.05, 4.69) is 45.3 Å². The van der Waals surface area contributed by atoms with Gasteiger partial charge in [-0.15, -0.1) is 0 Å². The minimum absolute atomic E-state index is 0.563. The van der Waals surface area contributed by atoms with E-state index < -0.39 is 0 Å². The molecule has 0 bridgehead atoms. The van der Waals surface area contributed by atoms with E-state index in [9.17, 15) is 0 Å². The molecule has 0 saturated carbocycles. The lowest BCUT2D eigenvalue weighted by Gasteiger charge is -2.32. The van der Waals surface area contributed by atoms with Gasteiger partial charge in [0.25, 0.3) is 0 Å². The first kappa shape index (κ1) is 21.7. The van der Waals surface area contributed by atoms with Gasteiger partial charge in [0, 0.05) is 38.2 Å². The third kappa shape index (κ3) is 4.54. The fourth-order valence-corrected chi connectivity index (χ4v) is 3.93. The van der Waals surface area contributed by atoms with Gasteiger partial charge < -0.3 is 19.7 Å². The smallest absolute Gasteiger partial charge is 0.194 e. The molecular weight excluding hydrogens is 404 g/mol. The Morgan fingerprint density at radius 1 is 1.12 bits per heavy atom. The van der Waals surface area contributed by atoms with Crippen LogP contribution in [0.15, 0.2) is 47.8 Å². The van der Waals surface area contributed by atoms with Gasteiger partial charge in [-0.25, -0.2) is 15.0 Å². The average Bonchev–Trinajstić information content (AvgIpc) is 3.26. The maximum absolute atomic E-state index is 5.49. The molecule has 0 aliphatic carbocycles. The van der Waals surface area contributed by atoms with Crippen LogP contribution in [0.5, 0.6) is 11.5 Å². The molecule has 0 atom stereocenters. The van der Waals surface area contributed by atoms with Crippen molar-refractivity contribution in [3.8, 4) is 17.3 Å². The summed E-state index contributed by atoms with van der Waals surface area (Å²) in [6, 6.07) is 8.23. The van der Waals surface area contributed by atoms with Gasteiger partial charge in [-0.05, 0) is 55.2 Å². The molecule has 0 saturated heterocycles. The van der Waals surface area contributed by atoms with Crippen LogP contribution in [-0.4, -0.2) is 52.7 Å². The molecule has 0 unspecified atom stereocenters. The summed E-state index contributed by atoms with van der Waals surface area (Å²) in [5.41, 5.74) is 3.59. The summed E-state index contributed by atoms with van der Waals surface area (Å²) >= 11 is 0. The molecule has 0 radical (unpaired) electrons. The van der Waals surface area contributed by atoms with Crippen molar-refractivity contribution in [2.45, 2.75) is 33.4 Å². The molecule has 168 valence electrons. The number of imidazole rings is 1. The van der Waals surface area contributed by atoms with E-state index in [0.29, 0.717) is 6.54 Å². The van der Waals surface area contributed by atoms with Crippen molar-refractivity contribution >= 4 is 5.96 Å². The Bertz CT molecular complexity index is 1090. The highest BCUT2D eigenvalue weighted by atomic mass is 16.5. The van der Waals surface area contributed by atoms with Crippen molar-refractivity contribution in [1.29, 1.82) is 0 Å². The SMILES string of the molecule is CCNC(=NCc1ccc(-n2ccnc2C)nc1)N1CCc2cc(OC)c(OC)cc2C1. The Morgan fingerprint density at radius 2 is 1.91 bits per heavy atom. The third-order valence-corrected chi connectivity index (χ3v) is 5.65. The number of ether oxygens (including phenoxy) is 2. The molecule has 2 aromatic heterocycles. The number of nitrogens with zero attached hydrogens (tertiary/aromatic N) is 5. The van der Waals surface area contributed by atoms with Crippen molar-refractivity contribution in [1.82, 2.24) is 24.8 Å². The van der Waals surface area contributed by atoms with E-state index in [-0.39, 0.29) is 0 Å². The van der Waals surface area contributed by atoms with Crippen LogP contribution >= 0.6 is 0 Å².